The molecule has 1 amide bonds. The quantitative estimate of drug-likeness (QED) is 0.762. The van der Waals surface area contributed by atoms with Crippen LogP contribution in [0.3, 0.4) is 0 Å². The lowest BCUT2D eigenvalue weighted by Gasteiger charge is -2.33. The molecule has 0 spiro atoms. The Bertz CT molecular complexity index is 960. The van der Waals surface area contributed by atoms with Crippen molar-refractivity contribution in [2.75, 3.05) is 19.6 Å². The van der Waals surface area contributed by atoms with E-state index >= 15 is 0 Å². The zero-order chi connectivity index (χ0) is 21.5. The van der Waals surface area contributed by atoms with E-state index in [2.05, 4.69) is 21.7 Å². The average Bonchev–Trinajstić information content (AvgIpc) is 3.16. The summed E-state index contributed by atoms with van der Waals surface area (Å²) in [4.78, 5) is 16.8. The largest absolute Gasteiger partial charge is 0.416 e. The van der Waals surface area contributed by atoms with Crippen LogP contribution in [0.1, 0.15) is 53.3 Å². The number of nitrogens with zero attached hydrogens (tertiary/aromatic N) is 5. The number of aromatic nitrogens is 3. The van der Waals surface area contributed by atoms with Gasteiger partial charge < -0.3 is 14.4 Å². The number of allylic oxidation sites excluding steroid dienone is 1. The first-order chi connectivity index (χ1) is 14.3. The summed E-state index contributed by atoms with van der Waals surface area (Å²) in [6.45, 7) is 8.57. The number of likely N-dealkylation sites (tertiary alicyclic amines) is 1. The number of fused-ring (bicyclic) bond motifs is 1. The Hall–Kier alpha value is -2.84. The van der Waals surface area contributed by atoms with Crippen LogP contribution in [0.25, 0.3) is 0 Å². The molecular weight excluding hydrogens is 395 g/mol. The molecule has 2 aliphatic heterocycles. The van der Waals surface area contributed by atoms with Crippen LogP contribution in [0.4, 0.5) is 13.2 Å². The third-order valence-electron chi connectivity index (χ3n) is 5.97. The van der Waals surface area contributed by atoms with Crippen LogP contribution in [-0.2, 0) is 19.3 Å². The van der Waals surface area contributed by atoms with Crippen molar-refractivity contribution in [3.05, 3.63) is 59.3 Å². The van der Waals surface area contributed by atoms with Crippen molar-refractivity contribution in [1.29, 1.82) is 0 Å². The average molecular weight is 419 g/mol. The fourth-order valence-corrected chi connectivity index (χ4v) is 4.29. The Balaban J connectivity index is 1.45. The number of piperidine rings is 1. The van der Waals surface area contributed by atoms with Gasteiger partial charge in [-0.3, -0.25) is 4.79 Å². The second-order valence-electron chi connectivity index (χ2n) is 7.90. The van der Waals surface area contributed by atoms with Gasteiger partial charge in [-0.15, -0.1) is 10.2 Å². The van der Waals surface area contributed by atoms with Crippen molar-refractivity contribution in [3.8, 4) is 0 Å². The minimum Gasteiger partial charge on any atom is -0.366 e. The van der Waals surface area contributed by atoms with E-state index in [0.29, 0.717) is 50.4 Å². The molecule has 0 aliphatic carbocycles. The van der Waals surface area contributed by atoms with Gasteiger partial charge in [0.2, 0.25) is 5.82 Å². The molecule has 3 heterocycles. The maximum absolute atomic E-state index is 13.3. The van der Waals surface area contributed by atoms with Gasteiger partial charge in [0.15, 0.2) is 5.82 Å². The predicted octanol–water partition coefficient (Wildman–Crippen LogP) is 3.67. The first-order valence-electron chi connectivity index (χ1n) is 10.0. The number of rotatable bonds is 3. The first-order valence-corrected chi connectivity index (χ1v) is 10.0. The summed E-state index contributed by atoms with van der Waals surface area (Å²) in [5, 5.41) is 8.27. The number of carbonyl (C=O) groups excluding carboxylic acids is 1. The van der Waals surface area contributed by atoms with Crippen molar-refractivity contribution < 1.29 is 18.0 Å². The van der Waals surface area contributed by atoms with E-state index in [9.17, 15) is 18.0 Å². The van der Waals surface area contributed by atoms with Gasteiger partial charge in [0.25, 0.3) is 5.91 Å². The molecule has 1 saturated heterocycles. The van der Waals surface area contributed by atoms with Crippen molar-refractivity contribution in [2.45, 2.75) is 44.9 Å². The van der Waals surface area contributed by atoms with Crippen LogP contribution in [0.2, 0.25) is 0 Å². The molecule has 0 radical (unpaired) electrons. The van der Waals surface area contributed by atoms with Gasteiger partial charge in [0.05, 0.1) is 12.1 Å². The lowest BCUT2D eigenvalue weighted by molar-refractivity contribution is -0.138. The third-order valence-corrected chi connectivity index (χ3v) is 5.97. The van der Waals surface area contributed by atoms with E-state index in [0.717, 1.165) is 24.1 Å². The molecule has 0 bridgehead atoms. The lowest BCUT2D eigenvalue weighted by atomic mass is 9.86. The summed E-state index contributed by atoms with van der Waals surface area (Å²) < 4.78 is 41.9. The summed E-state index contributed by atoms with van der Waals surface area (Å²) in [6, 6.07) is 5.73. The number of hydrogen-bond donors (Lipinski definition) is 0. The van der Waals surface area contributed by atoms with E-state index in [1.165, 1.54) is 6.07 Å². The highest BCUT2D eigenvalue weighted by atomic mass is 19.4. The summed E-state index contributed by atoms with van der Waals surface area (Å²) >= 11 is 0. The normalized spacial score (nSPS) is 17.7. The fraction of sp³-hybridized carbons (Fsp3) is 0.476. The minimum atomic E-state index is -4.37. The Morgan fingerprint density at radius 3 is 2.43 bits per heavy atom. The second-order valence-corrected chi connectivity index (χ2v) is 7.90. The molecular formula is C21H24F3N5O. The van der Waals surface area contributed by atoms with Crippen molar-refractivity contribution in [2.24, 2.45) is 0 Å². The van der Waals surface area contributed by atoms with Gasteiger partial charge in [-0.25, -0.2) is 0 Å². The molecule has 0 atom stereocenters. The molecule has 2 aromatic rings. The molecule has 1 fully saturated rings. The number of benzene rings is 1. The van der Waals surface area contributed by atoms with Crippen LogP contribution >= 0.6 is 0 Å². The van der Waals surface area contributed by atoms with Crippen LogP contribution in [0, 0.1) is 0 Å². The third kappa shape index (κ3) is 3.80. The van der Waals surface area contributed by atoms with E-state index in [-0.39, 0.29) is 11.8 Å². The van der Waals surface area contributed by atoms with Crippen molar-refractivity contribution in [3.63, 3.8) is 0 Å². The molecule has 160 valence electrons. The fourth-order valence-electron chi connectivity index (χ4n) is 4.29. The monoisotopic (exact) mass is 419 g/mol. The Morgan fingerprint density at radius 1 is 1.07 bits per heavy atom. The molecule has 1 aromatic heterocycles. The topological polar surface area (TPSA) is 54.3 Å². The summed E-state index contributed by atoms with van der Waals surface area (Å²) in [6.07, 6.45) is -3.39. The van der Waals surface area contributed by atoms with Crippen LogP contribution in [0.5, 0.6) is 0 Å². The summed E-state index contributed by atoms with van der Waals surface area (Å²) in [5.41, 5.74) is 0.679. The molecule has 0 N–H and O–H groups in total. The highest BCUT2D eigenvalue weighted by Crippen LogP contribution is 2.38. The lowest BCUT2D eigenvalue weighted by Crippen LogP contribution is -2.40. The van der Waals surface area contributed by atoms with Crippen LogP contribution in [0.15, 0.2) is 36.5 Å². The maximum Gasteiger partial charge on any atom is 0.416 e. The predicted molar refractivity (Wildman–Crippen MR) is 105 cm³/mol. The zero-order valence-electron chi connectivity index (χ0n) is 16.8. The number of amides is 1. The van der Waals surface area contributed by atoms with E-state index in [1.807, 2.05) is 11.5 Å². The molecule has 30 heavy (non-hydrogen) atoms. The van der Waals surface area contributed by atoms with E-state index in [1.54, 1.807) is 17.0 Å². The van der Waals surface area contributed by atoms with Gasteiger partial charge in [-0.1, -0.05) is 24.8 Å². The molecule has 0 unspecified atom stereocenters. The maximum atomic E-state index is 13.3. The Morgan fingerprint density at radius 2 is 1.77 bits per heavy atom. The molecule has 4 rings (SSSR count). The summed E-state index contributed by atoms with van der Waals surface area (Å²) in [5.74, 6) is 0.602. The van der Waals surface area contributed by atoms with Gasteiger partial charge in [0.1, 0.15) is 0 Å². The van der Waals surface area contributed by atoms with Gasteiger partial charge in [-0.05, 0) is 37.3 Å². The second kappa shape index (κ2) is 7.77. The molecule has 1 aromatic carbocycles. The highest BCUT2D eigenvalue weighted by molar-refractivity contribution is 5.90. The Kier molecular flexibility index (Phi) is 5.29. The van der Waals surface area contributed by atoms with Crippen LogP contribution in [-0.4, -0.2) is 50.1 Å². The molecule has 2 aliphatic rings. The molecule has 6 nitrogen and oxygen atoms in total. The molecule has 9 heteroatoms. The summed E-state index contributed by atoms with van der Waals surface area (Å²) in [7, 11) is 0. The van der Waals surface area contributed by atoms with Gasteiger partial charge in [-0.2, -0.15) is 13.2 Å². The molecule has 0 saturated carbocycles. The SMILES string of the molecule is C=C(C)N1CCn2c(nnc2C(=O)N2CCC(c3ccccc3C(F)(F)F)CC2)C1. The zero-order valence-corrected chi connectivity index (χ0v) is 16.8. The smallest absolute Gasteiger partial charge is 0.366 e. The van der Waals surface area contributed by atoms with Crippen molar-refractivity contribution >= 4 is 5.91 Å². The number of alkyl halides is 3. The van der Waals surface area contributed by atoms with E-state index < -0.39 is 11.7 Å². The van der Waals surface area contributed by atoms with Crippen LogP contribution < -0.4 is 0 Å². The highest BCUT2D eigenvalue weighted by Gasteiger charge is 2.36. The minimum absolute atomic E-state index is 0.208. The van der Waals surface area contributed by atoms with Gasteiger partial charge >= 0.3 is 6.18 Å². The number of hydrogen-bond acceptors (Lipinski definition) is 4. The van der Waals surface area contributed by atoms with Crippen molar-refractivity contribution in [1.82, 2.24) is 24.6 Å². The standard InChI is InChI=1S/C21H24F3N5O/c1-14(2)28-11-12-29-18(13-28)25-26-19(29)20(30)27-9-7-15(8-10-27)16-5-3-4-6-17(16)21(22,23)24/h3-6,15H,1,7-13H2,2H3. The van der Waals surface area contributed by atoms with E-state index in [4.69, 9.17) is 0 Å². The number of carbonyl (C=O) groups is 1. The van der Waals surface area contributed by atoms with Gasteiger partial charge in [0, 0.05) is 31.9 Å². The Labute approximate surface area is 173 Å². The number of halogens is 3. The first kappa shape index (κ1) is 20.4.